The predicted octanol–water partition coefficient (Wildman–Crippen LogP) is 2.20. The summed E-state index contributed by atoms with van der Waals surface area (Å²) in [4.78, 5) is 22.5. The van der Waals surface area contributed by atoms with Gasteiger partial charge in [0.1, 0.15) is 11.5 Å². The van der Waals surface area contributed by atoms with E-state index < -0.39 is 10.8 Å². The van der Waals surface area contributed by atoms with Crippen LogP contribution < -0.4 is 11.2 Å². The fourth-order valence-electron chi connectivity index (χ4n) is 2.41. The third-order valence-electron chi connectivity index (χ3n) is 3.70. The number of aryl methyl sites for hydroxylation is 1. The number of furan rings is 1. The Hall–Kier alpha value is -4.02. The van der Waals surface area contributed by atoms with Crippen molar-refractivity contribution in [2.24, 2.45) is 5.10 Å². The first kappa shape index (κ1) is 17.8. The van der Waals surface area contributed by atoms with Gasteiger partial charge in [0.05, 0.1) is 11.1 Å². The molecule has 0 fully saturated rings. The number of anilines is 1. The van der Waals surface area contributed by atoms with Crippen LogP contribution in [0.25, 0.3) is 11.3 Å². The molecule has 1 amide bonds. The maximum absolute atomic E-state index is 11.8. The molecule has 0 radical (unpaired) electrons. The van der Waals surface area contributed by atoms with Gasteiger partial charge >= 0.3 is 0 Å². The maximum atomic E-state index is 11.8. The van der Waals surface area contributed by atoms with Crippen LogP contribution in [-0.4, -0.2) is 27.4 Å². The monoisotopic (exact) mass is 370 g/mol. The van der Waals surface area contributed by atoms with Gasteiger partial charge < -0.3 is 10.2 Å². The number of benzene rings is 1. The Morgan fingerprint density at radius 3 is 2.78 bits per heavy atom. The molecule has 27 heavy (non-hydrogen) atoms. The average molecular weight is 370 g/mol. The van der Waals surface area contributed by atoms with Crippen LogP contribution in [-0.2, 0) is 0 Å². The quantitative estimate of drug-likeness (QED) is 0.392. The van der Waals surface area contributed by atoms with Gasteiger partial charge in [-0.2, -0.15) is 5.10 Å². The van der Waals surface area contributed by atoms with Gasteiger partial charge in [0.25, 0.3) is 11.6 Å². The van der Waals surface area contributed by atoms with Gasteiger partial charge in [-0.3, -0.25) is 14.9 Å². The number of rotatable bonds is 5. The standard InChI is InChI=1S/C16H14N6O5/c1-8-5-11(9(2)12(6-8)22(24)25)13-4-3-10(26-13)7-18-19-16(23)14-15(17)21-27-20-14/h3-7H,1-2H3,(H2,17,21)(H,19,23)/b18-7+. The molecule has 2 heterocycles. The van der Waals surface area contributed by atoms with Crippen LogP contribution in [0.4, 0.5) is 11.5 Å². The second kappa shape index (κ2) is 7.07. The Bertz CT molecular complexity index is 1050. The molecule has 1 aromatic carbocycles. The molecule has 11 heteroatoms. The zero-order valence-corrected chi connectivity index (χ0v) is 14.3. The molecule has 138 valence electrons. The second-order valence-electron chi connectivity index (χ2n) is 5.61. The molecule has 0 spiro atoms. The number of amides is 1. The van der Waals surface area contributed by atoms with Gasteiger partial charge in [-0.1, -0.05) is 0 Å². The lowest BCUT2D eigenvalue weighted by Crippen LogP contribution is -2.19. The number of nitro benzene ring substituents is 1. The van der Waals surface area contributed by atoms with Gasteiger partial charge in [0.2, 0.25) is 11.5 Å². The van der Waals surface area contributed by atoms with E-state index in [2.05, 4.69) is 25.5 Å². The Morgan fingerprint density at radius 1 is 1.33 bits per heavy atom. The highest BCUT2D eigenvalue weighted by molar-refractivity contribution is 5.96. The zero-order valence-electron chi connectivity index (χ0n) is 14.3. The molecule has 0 bridgehead atoms. The molecular formula is C16H14N6O5. The van der Waals surface area contributed by atoms with Crippen molar-refractivity contribution in [1.29, 1.82) is 0 Å². The Morgan fingerprint density at radius 2 is 2.11 bits per heavy atom. The highest BCUT2D eigenvalue weighted by Crippen LogP contribution is 2.32. The molecule has 2 aromatic heterocycles. The van der Waals surface area contributed by atoms with E-state index in [1.54, 1.807) is 32.0 Å². The zero-order chi connectivity index (χ0) is 19.6. The molecule has 0 unspecified atom stereocenters. The first-order chi connectivity index (χ1) is 12.9. The van der Waals surface area contributed by atoms with Crippen LogP contribution in [0, 0.1) is 24.0 Å². The van der Waals surface area contributed by atoms with Crippen molar-refractivity contribution in [3.63, 3.8) is 0 Å². The molecule has 0 atom stereocenters. The predicted molar refractivity (Wildman–Crippen MR) is 94.0 cm³/mol. The minimum atomic E-state index is -0.693. The van der Waals surface area contributed by atoms with E-state index >= 15 is 0 Å². The van der Waals surface area contributed by atoms with Crippen LogP contribution in [0.2, 0.25) is 0 Å². The van der Waals surface area contributed by atoms with Gasteiger partial charge in [-0.05, 0) is 47.9 Å². The molecule has 0 aliphatic carbocycles. The number of carbonyl (C=O) groups is 1. The lowest BCUT2D eigenvalue weighted by Gasteiger charge is -2.05. The number of hydrogen-bond donors (Lipinski definition) is 2. The molecule has 3 rings (SSSR count). The number of hydrazone groups is 1. The van der Waals surface area contributed by atoms with Gasteiger partial charge in [-0.25, -0.2) is 10.1 Å². The summed E-state index contributed by atoms with van der Waals surface area (Å²) >= 11 is 0. The van der Waals surface area contributed by atoms with Crippen LogP contribution in [0.3, 0.4) is 0 Å². The van der Waals surface area contributed by atoms with Crippen LogP contribution >= 0.6 is 0 Å². The van der Waals surface area contributed by atoms with E-state index in [0.717, 1.165) is 5.56 Å². The number of aromatic nitrogens is 2. The SMILES string of the molecule is Cc1cc(-c2ccc(/C=N/NC(=O)c3nonc3N)o2)c(C)c([N+](=O)[O-])c1. The summed E-state index contributed by atoms with van der Waals surface area (Å²) in [5.41, 5.74) is 9.27. The van der Waals surface area contributed by atoms with E-state index in [-0.39, 0.29) is 17.2 Å². The summed E-state index contributed by atoms with van der Waals surface area (Å²) in [6.45, 7) is 3.42. The van der Waals surface area contributed by atoms with E-state index in [4.69, 9.17) is 10.2 Å². The minimum absolute atomic E-state index is 0.0164. The lowest BCUT2D eigenvalue weighted by molar-refractivity contribution is -0.385. The van der Waals surface area contributed by atoms with Crippen molar-refractivity contribution >= 4 is 23.6 Å². The Balaban J connectivity index is 1.79. The van der Waals surface area contributed by atoms with Crippen molar-refractivity contribution in [1.82, 2.24) is 15.7 Å². The van der Waals surface area contributed by atoms with Crippen LogP contribution in [0.1, 0.15) is 27.4 Å². The van der Waals surface area contributed by atoms with Crippen molar-refractivity contribution in [2.75, 3.05) is 5.73 Å². The second-order valence-corrected chi connectivity index (χ2v) is 5.61. The normalized spacial score (nSPS) is 11.0. The van der Waals surface area contributed by atoms with E-state index in [1.807, 2.05) is 0 Å². The summed E-state index contributed by atoms with van der Waals surface area (Å²) in [5, 5.41) is 21.6. The molecule has 0 saturated heterocycles. The lowest BCUT2D eigenvalue weighted by atomic mass is 10.0. The fourth-order valence-corrected chi connectivity index (χ4v) is 2.41. The molecule has 0 aliphatic heterocycles. The first-order valence-electron chi connectivity index (χ1n) is 7.64. The number of nitro groups is 1. The number of carbonyl (C=O) groups excluding carboxylic acids is 1. The Labute approximate surface area is 152 Å². The van der Waals surface area contributed by atoms with E-state index in [0.29, 0.717) is 22.6 Å². The number of nitrogens with one attached hydrogen (secondary N) is 1. The number of nitrogen functional groups attached to an aromatic ring is 1. The summed E-state index contributed by atoms with van der Waals surface area (Å²) in [5.74, 6) is -0.0708. The topological polar surface area (TPSA) is 163 Å². The highest BCUT2D eigenvalue weighted by atomic mass is 16.6. The van der Waals surface area contributed by atoms with Gasteiger partial charge in [0, 0.05) is 17.2 Å². The first-order valence-corrected chi connectivity index (χ1v) is 7.64. The summed E-state index contributed by atoms with van der Waals surface area (Å²) in [7, 11) is 0. The summed E-state index contributed by atoms with van der Waals surface area (Å²) < 4.78 is 9.97. The van der Waals surface area contributed by atoms with Crippen molar-refractivity contribution in [2.45, 2.75) is 13.8 Å². The molecule has 3 N–H and O–H groups in total. The number of nitrogens with two attached hydrogens (primary N) is 1. The largest absolute Gasteiger partial charge is 0.455 e. The summed E-state index contributed by atoms with van der Waals surface area (Å²) in [6, 6.07) is 6.58. The third-order valence-corrected chi connectivity index (χ3v) is 3.70. The third kappa shape index (κ3) is 3.66. The Kier molecular flexibility index (Phi) is 4.66. The molecule has 11 nitrogen and oxygen atoms in total. The fraction of sp³-hybridized carbons (Fsp3) is 0.125. The van der Waals surface area contributed by atoms with Crippen molar-refractivity contribution < 1.29 is 18.8 Å². The van der Waals surface area contributed by atoms with Gasteiger partial charge in [0.15, 0.2) is 0 Å². The molecule has 3 aromatic rings. The van der Waals surface area contributed by atoms with E-state index in [9.17, 15) is 14.9 Å². The minimum Gasteiger partial charge on any atom is -0.455 e. The van der Waals surface area contributed by atoms with Crippen molar-refractivity contribution in [3.8, 4) is 11.3 Å². The number of nitrogens with zero attached hydrogens (tertiary/aromatic N) is 4. The van der Waals surface area contributed by atoms with Gasteiger partial charge in [-0.15, -0.1) is 0 Å². The molecule has 0 saturated carbocycles. The van der Waals surface area contributed by atoms with Crippen LogP contribution in [0.15, 0.2) is 38.4 Å². The maximum Gasteiger partial charge on any atom is 0.297 e. The average Bonchev–Trinajstić information content (AvgIpc) is 3.25. The number of hydrogen-bond acceptors (Lipinski definition) is 9. The smallest absolute Gasteiger partial charge is 0.297 e. The summed E-state index contributed by atoms with van der Waals surface area (Å²) in [6.07, 6.45) is 1.27. The highest BCUT2D eigenvalue weighted by Gasteiger charge is 2.18. The van der Waals surface area contributed by atoms with Crippen LogP contribution in [0.5, 0.6) is 0 Å². The molecule has 0 aliphatic rings. The van der Waals surface area contributed by atoms with E-state index in [1.165, 1.54) is 12.3 Å². The molecular weight excluding hydrogens is 356 g/mol. The van der Waals surface area contributed by atoms with Crippen molar-refractivity contribution in [3.05, 3.63) is 57.0 Å².